The molecule has 0 spiro atoms. The van der Waals surface area contributed by atoms with Gasteiger partial charge in [0.15, 0.2) is 5.82 Å². The fourth-order valence-corrected chi connectivity index (χ4v) is 3.36. The molecule has 29 heavy (non-hydrogen) atoms. The van der Waals surface area contributed by atoms with Gasteiger partial charge in [-0.25, -0.2) is 9.97 Å². The second-order valence-corrected chi connectivity index (χ2v) is 7.61. The summed E-state index contributed by atoms with van der Waals surface area (Å²) in [4.78, 5) is 9.42. The highest BCUT2D eigenvalue weighted by atomic mass is 35.5. The lowest BCUT2D eigenvalue weighted by atomic mass is 10.1. The number of fused-ring (bicyclic) bond motifs is 1. The molecule has 1 aromatic heterocycles. The van der Waals surface area contributed by atoms with Crippen molar-refractivity contribution in [1.29, 1.82) is 0 Å². The van der Waals surface area contributed by atoms with Crippen molar-refractivity contribution in [3.63, 3.8) is 0 Å². The summed E-state index contributed by atoms with van der Waals surface area (Å²) < 4.78 is 0. The van der Waals surface area contributed by atoms with E-state index in [2.05, 4.69) is 16.4 Å². The SMILES string of the molecule is NCCCCCCCCNc1nc(/C=C/c2ccc(Cl)cc2)nc2ccccc12. The van der Waals surface area contributed by atoms with Crippen LogP contribution in [0.25, 0.3) is 23.1 Å². The molecule has 3 rings (SSSR count). The summed E-state index contributed by atoms with van der Waals surface area (Å²) in [5.41, 5.74) is 7.55. The van der Waals surface area contributed by atoms with Crippen molar-refractivity contribution in [3.05, 3.63) is 64.9 Å². The van der Waals surface area contributed by atoms with Crippen molar-refractivity contribution < 1.29 is 0 Å². The van der Waals surface area contributed by atoms with Crippen molar-refractivity contribution in [2.45, 2.75) is 38.5 Å². The first-order chi connectivity index (χ1) is 14.3. The van der Waals surface area contributed by atoms with E-state index < -0.39 is 0 Å². The lowest BCUT2D eigenvalue weighted by Crippen LogP contribution is -2.06. The molecule has 1 heterocycles. The van der Waals surface area contributed by atoms with Crippen LogP contribution in [-0.4, -0.2) is 23.1 Å². The normalized spacial score (nSPS) is 11.4. The summed E-state index contributed by atoms with van der Waals surface area (Å²) in [5, 5.41) is 5.30. The molecule has 0 saturated heterocycles. The fourth-order valence-electron chi connectivity index (χ4n) is 3.23. The maximum absolute atomic E-state index is 5.96. The smallest absolute Gasteiger partial charge is 0.154 e. The van der Waals surface area contributed by atoms with Crippen molar-refractivity contribution in [2.24, 2.45) is 5.73 Å². The average Bonchev–Trinajstić information content (AvgIpc) is 2.75. The molecule has 2 aromatic carbocycles. The van der Waals surface area contributed by atoms with Crippen molar-refractivity contribution in [1.82, 2.24) is 9.97 Å². The minimum absolute atomic E-state index is 0.697. The number of benzene rings is 2. The van der Waals surface area contributed by atoms with E-state index in [4.69, 9.17) is 22.3 Å². The summed E-state index contributed by atoms with van der Waals surface area (Å²) in [5.74, 6) is 1.59. The summed E-state index contributed by atoms with van der Waals surface area (Å²) in [7, 11) is 0. The van der Waals surface area contributed by atoms with Crippen LogP contribution in [0.4, 0.5) is 5.82 Å². The second-order valence-electron chi connectivity index (χ2n) is 7.17. The van der Waals surface area contributed by atoms with Gasteiger partial charge in [-0.3, -0.25) is 0 Å². The van der Waals surface area contributed by atoms with Crippen LogP contribution >= 0.6 is 11.6 Å². The highest BCUT2D eigenvalue weighted by Gasteiger charge is 2.05. The van der Waals surface area contributed by atoms with Gasteiger partial charge in [0, 0.05) is 17.0 Å². The van der Waals surface area contributed by atoms with Gasteiger partial charge in [-0.1, -0.05) is 67.6 Å². The Morgan fingerprint density at radius 1 is 0.828 bits per heavy atom. The van der Waals surface area contributed by atoms with Crippen LogP contribution in [0.1, 0.15) is 49.9 Å². The first kappa shape index (κ1) is 21.3. The van der Waals surface area contributed by atoms with Crippen LogP contribution < -0.4 is 11.1 Å². The van der Waals surface area contributed by atoms with Crippen LogP contribution in [0.5, 0.6) is 0 Å². The Balaban J connectivity index is 1.64. The molecule has 0 amide bonds. The van der Waals surface area contributed by atoms with Gasteiger partial charge in [0.1, 0.15) is 5.82 Å². The van der Waals surface area contributed by atoms with Gasteiger partial charge in [-0.05, 0) is 55.3 Å². The number of nitrogens with one attached hydrogen (secondary N) is 1. The molecular formula is C24H29ClN4. The zero-order chi connectivity index (χ0) is 20.3. The number of halogens is 1. The van der Waals surface area contributed by atoms with Gasteiger partial charge in [0.25, 0.3) is 0 Å². The second kappa shape index (κ2) is 11.5. The molecule has 0 aliphatic carbocycles. The number of hydrogen-bond donors (Lipinski definition) is 2. The van der Waals surface area contributed by atoms with E-state index in [1.807, 2.05) is 54.6 Å². The number of unbranched alkanes of at least 4 members (excludes halogenated alkanes) is 5. The van der Waals surface area contributed by atoms with Gasteiger partial charge >= 0.3 is 0 Å². The lowest BCUT2D eigenvalue weighted by molar-refractivity contribution is 0.605. The van der Waals surface area contributed by atoms with E-state index in [1.165, 1.54) is 25.7 Å². The van der Waals surface area contributed by atoms with Crippen molar-refractivity contribution in [2.75, 3.05) is 18.4 Å². The summed E-state index contributed by atoms with van der Waals surface area (Å²) in [6.45, 7) is 1.72. The molecule has 0 aliphatic rings. The molecule has 3 N–H and O–H groups in total. The third kappa shape index (κ3) is 6.84. The maximum atomic E-state index is 5.96. The van der Waals surface area contributed by atoms with Gasteiger partial charge < -0.3 is 11.1 Å². The maximum Gasteiger partial charge on any atom is 0.154 e. The van der Waals surface area contributed by atoms with E-state index in [9.17, 15) is 0 Å². The molecule has 152 valence electrons. The highest BCUT2D eigenvalue weighted by Crippen LogP contribution is 2.21. The predicted octanol–water partition coefficient (Wildman–Crippen LogP) is 6.16. The Labute approximate surface area is 178 Å². The molecular weight excluding hydrogens is 380 g/mol. The summed E-state index contributed by atoms with van der Waals surface area (Å²) in [6, 6.07) is 15.8. The predicted molar refractivity (Wildman–Crippen MR) is 125 cm³/mol. The average molecular weight is 409 g/mol. The third-order valence-corrected chi connectivity index (χ3v) is 5.09. The van der Waals surface area contributed by atoms with Gasteiger partial charge in [0.05, 0.1) is 5.52 Å². The zero-order valence-corrected chi connectivity index (χ0v) is 17.5. The van der Waals surface area contributed by atoms with Crippen LogP contribution in [-0.2, 0) is 0 Å². The number of nitrogens with zero attached hydrogens (tertiary/aromatic N) is 2. The minimum atomic E-state index is 0.697. The van der Waals surface area contributed by atoms with Crippen LogP contribution in [0.2, 0.25) is 5.02 Å². The zero-order valence-electron chi connectivity index (χ0n) is 16.8. The lowest BCUT2D eigenvalue weighted by Gasteiger charge is -2.10. The standard InChI is InChI=1S/C24H29ClN4/c25-20-14-11-19(12-15-20)13-16-23-28-22-10-6-5-9-21(22)24(29-23)27-18-8-4-2-1-3-7-17-26/h5-6,9-16H,1-4,7-8,17-18,26H2,(H,27,28,29)/b16-13+. The molecule has 3 aromatic rings. The topological polar surface area (TPSA) is 63.8 Å². The van der Waals surface area contributed by atoms with Crippen LogP contribution in [0.3, 0.4) is 0 Å². The third-order valence-electron chi connectivity index (χ3n) is 4.84. The number of anilines is 1. The largest absolute Gasteiger partial charge is 0.369 e. The Bertz CT molecular complexity index is 922. The summed E-state index contributed by atoms with van der Waals surface area (Å²) in [6.07, 6.45) is 11.2. The first-order valence-corrected chi connectivity index (χ1v) is 10.8. The quantitative estimate of drug-likeness (QED) is 0.372. The van der Waals surface area contributed by atoms with Crippen molar-refractivity contribution in [3.8, 4) is 0 Å². The minimum Gasteiger partial charge on any atom is -0.369 e. The molecule has 0 aliphatic heterocycles. The van der Waals surface area contributed by atoms with Gasteiger partial charge in [-0.2, -0.15) is 0 Å². The van der Waals surface area contributed by atoms with E-state index in [0.717, 1.165) is 53.2 Å². The molecule has 0 fully saturated rings. The molecule has 0 bridgehead atoms. The number of nitrogens with two attached hydrogens (primary N) is 1. The molecule has 0 saturated carbocycles. The van der Waals surface area contributed by atoms with E-state index in [1.54, 1.807) is 0 Å². The Morgan fingerprint density at radius 2 is 1.55 bits per heavy atom. The highest BCUT2D eigenvalue weighted by molar-refractivity contribution is 6.30. The van der Waals surface area contributed by atoms with E-state index in [0.29, 0.717) is 5.82 Å². The van der Waals surface area contributed by atoms with E-state index in [-0.39, 0.29) is 0 Å². The Kier molecular flexibility index (Phi) is 8.47. The number of rotatable bonds is 11. The molecule has 0 radical (unpaired) electrons. The first-order valence-electron chi connectivity index (χ1n) is 10.4. The molecule has 0 atom stereocenters. The Morgan fingerprint density at radius 3 is 2.34 bits per heavy atom. The van der Waals surface area contributed by atoms with Crippen molar-refractivity contribution >= 4 is 40.5 Å². The summed E-state index contributed by atoms with van der Waals surface area (Å²) >= 11 is 5.96. The van der Waals surface area contributed by atoms with E-state index >= 15 is 0 Å². The van der Waals surface area contributed by atoms with Gasteiger partial charge in [0.2, 0.25) is 0 Å². The van der Waals surface area contributed by atoms with Gasteiger partial charge in [-0.15, -0.1) is 0 Å². The van der Waals surface area contributed by atoms with Crippen LogP contribution in [0, 0.1) is 0 Å². The number of para-hydroxylation sites is 1. The molecule has 5 heteroatoms. The van der Waals surface area contributed by atoms with Crippen LogP contribution in [0.15, 0.2) is 48.5 Å². The monoisotopic (exact) mass is 408 g/mol. The molecule has 0 unspecified atom stereocenters. The number of hydrogen-bond acceptors (Lipinski definition) is 4. The fraction of sp³-hybridized carbons (Fsp3) is 0.333. The molecule has 4 nitrogen and oxygen atoms in total. The number of aromatic nitrogens is 2. The Hall–Kier alpha value is -2.43.